The molecule has 0 radical (unpaired) electrons. The predicted molar refractivity (Wildman–Crippen MR) is 76.5 cm³/mol. The zero-order valence-corrected chi connectivity index (χ0v) is 12.1. The van der Waals surface area contributed by atoms with E-state index in [2.05, 4.69) is 24.0 Å². The molecule has 1 aliphatic heterocycles. The molecule has 0 bridgehead atoms. The Hall–Kier alpha value is -1.27. The topological polar surface area (TPSA) is 26.7 Å². The van der Waals surface area contributed by atoms with Crippen LogP contribution in [0.25, 0.3) is 0 Å². The van der Waals surface area contributed by atoms with Crippen molar-refractivity contribution in [3.8, 4) is 0 Å². The van der Waals surface area contributed by atoms with Gasteiger partial charge in [0.25, 0.3) is 0 Å². The average molecular weight is 302 g/mol. The number of piperazine rings is 1. The number of aryl methyl sites for hydroxylation is 1. The molecule has 118 valence electrons. The SMILES string of the molecule is Cc1ccccc1N1CCN(C[C@H](O)CC(F)(F)F)CC1. The molecule has 21 heavy (non-hydrogen) atoms. The minimum absolute atomic E-state index is 0.0844. The lowest BCUT2D eigenvalue weighted by Gasteiger charge is -2.37. The first-order valence-electron chi connectivity index (χ1n) is 7.13. The summed E-state index contributed by atoms with van der Waals surface area (Å²) in [4.78, 5) is 4.13. The second-order valence-electron chi connectivity index (χ2n) is 5.55. The molecular formula is C15H21F3N2O. The highest BCUT2D eigenvalue weighted by molar-refractivity contribution is 5.53. The van der Waals surface area contributed by atoms with Gasteiger partial charge in [-0.15, -0.1) is 0 Å². The first kappa shape index (κ1) is 16.1. The summed E-state index contributed by atoms with van der Waals surface area (Å²) in [5, 5.41) is 9.49. The first-order valence-corrected chi connectivity index (χ1v) is 7.13. The van der Waals surface area contributed by atoms with Crippen LogP contribution >= 0.6 is 0 Å². The Morgan fingerprint density at radius 3 is 2.33 bits per heavy atom. The summed E-state index contributed by atoms with van der Waals surface area (Å²) in [6, 6.07) is 8.09. The van der Waals surface area contributed by atoms with Crippen molar-refractivity contribution >= 4 is 5.69 Å². The standard InChI is InChI=1S/C15H21F3N2O/c1-12-4-2-3-5-14(12)20-8-6-19(7-9-20)11-13(21)10-15(16,17)18/h2-5,13,21H,6-11H2,1H3/t13-/m1/s1. The molecule has 0 amide bonds. The first-order chi connectivity index (χ1) is 9.85. The molecule has 0 aromatic heterocycles. The van der Waals surface area contributed by atoms with Gasteiger partial charge >= 0.3 is 6.18 Å². The van der Waals surface area contributed by atoms with E-state index in [0.717, 1.165) is 13.1 Å². The van der Waals surface area contributed by atoms with Crippen molar-refractivity contribution in [2.45, 2.75) is 25.6 Å². The number of anilines is 1. The smallest absolute Gasteiger partial charge is 0.391 e. The lowest BCUT2D eigenvalue weighted by molar-refractivity contribution is -0.155. The van der Waals surface area contributed by atoms with Gasteiger partial charge in [-0.25, -0.2) is 0 Å². The maximum absolute atomic E-state index is 12.2. The molecular weight excluding hydrogens is 281 g/mol. The lowest BCUT2D eigenvalue weighted by Crippen LogP contribution is -2.49. The second kappa shape index (κ2) is 6.66. The highest BCUT2D eigenvalue weighted by atomic mass is 19.4. The summed E-state index contributed by atoms with van der Waals surface area (Å²) in [7, 11) is 0. The number of alkyl halides is 3. The maximum Gasteiger partial charge on any atom is 0.391 e. The summed E-state index contributed by atoms with van der Waals surface area (Å²) >= 11 is 0. The molecule has 6 heteroatoms. The average Bonchev–Trinajstić information content (AvgIpc) is 2.38. The summed E-state index contributed by atoms with van der Waals surface area (Å²) in [6.45, 7) is 5.01. The fourth-order valence-electron chi connectivity index (χ4n) is 2.72. The Bertz CT molecular complexity index is 456. The molecule has 0 saturated carbocycles. The van der Waals surface area contributed by atoms with Crippen LogP contribution in [-0.2, 0) is 0 Å². The molecule has 0 unspecified atom stereocenters. The van der Waals surface area contributed by atoms with Gasteiger partial charge in [-0.05, 0) is 18.6 Å². The van der Waals surface area contributed by atoms with Crippen LogP contribution in [0.2, 0.25) is 0 Å². The Balaban J connectivity index is 1.82. The van der Waals surface area contributed by atoms with Crippen molar-refractivity contribution in [2.24, 2.45) is 0 Å². The number of hydrogen-bond donors (Lipinski definition) is 1. The molecule has 2 rings (SSSR count). The molecule has 1 saturated heterocycles. The third kappa shape index (κ3) is 4.89. The fourth-order valence-corrected chi connectivity index (χ4v) is 2.72. The molecule has 1 atom stereocenters. The van der Waals surface area contributed by atoms with E-state index in [0.29, 0.717) is 13.1 Å². The van der Waals surface area contributed by atoms with Crippen LogP contribution in [0.4, 0.5) is 18.9 Å². The fraction of sp³-hybridized carbons (Fsp3) is 0.600. The van der Waals surface area contributed by atoms with Crippen LogP contribution in [0.15, 0.2) is 24.3 Å². The number of aliphatic hydroxyl groups excluding tert-OH is 1. The van der Waals surface area contributed by atoms with Crippen LogP contribution in [0.1, 0.15) is 12.0 Å². The van der Waals surface area contributed by atoms with Gasteiger partial charge in [0.2, 0.25) is 0 Å². The highest BCUT2D eigenvalue weighted by Gasteiger charge is 2.32. The quantitative estimate of drug-likeness (QED) is 0.925. The third-order valence-electron chi connectivity index (χ3n) is 3.76. The molecule has 1 heterocycles. The number of halogens is 3. The molecule has 1 fully saturated rings. The van der Waals surface area contributed by atoms with Gasteiger partial charge in [0, 0.05) is 38.4 Å². The van der Waals surface area contributed by atoms with Crippen molar-refractivity contribution in [1.82, 2.24) is 4.90 Å². The monoisotopic (exact) mass is 302 g/mol. The van der Waals surface area contributed by atoms with E-state index in [1.165, 1.54) is 11.3 Å². The lowest BCUT2D eigenvalue weighted by atomic mass is 10.1. The van der Waals surface area contributed by atoms with Gasteiger partial charge in [0.1, 0.15) is 0 Å². The minimum Gasteiger partial charge on any atom is -0.391 e. The van der Waals surface area contributed by atoms with E-state index >= 15 is 0 Å². The van der Waals surface area contributed by atoms with Crippen LogP contribution in [0.5, 0.6) is 0 Å². The van der Waals surface area contributed by atoms with Gasteiger partial charge in [-0.1, -0.05) is 18.2 Å². The van der Waals surface area contributed by atoms with Gasteiger partial charge in [-0.2, -0.15) is 13.2 Å². The van der Waals surface area contributed by atoms with Crippen molar-refractivity contribution in [3.63, 3.8) is 0 Å². The van der Waals surface area contributed by atoms with E-state index in [1.807, 2.05) is 17.0 Å². The zero-order valence-electron chi connectivity index (χ0n) is 12.1. The van der Waals surface area contributed by atoms with E-state index in [-0.39, 0.29) is 6.54 Å². The number of rotatable bonds is 4. The number of para-hydroxylation sites is 1. The van der Waals surface area contributed by atoms with Gasteiger partial charge in [-0.3, -0.25) is 4.90 Å². The maximum atomic E-state index is 12.2. The summed E-state index contributed by atoms with van der Waals surface area (Å²) in [5.41, 5.74) is 2.37. The predicted octanol–water partition coefficient (Wildman–Crippen LogP) is 2.43. The van der Waals surface area contributed by atoms with E-state index < -0.39 is 18.7 Å². The van der Waals surface area contributed by atoms with E-state index in [1.54, 1.807) is 0 Å². The van der Waals surface area contributed by atoms with Crippen molar-refractivity contribution in [3.05, 3.63) is 29.8 Å². The Morgan fingerprint density at radius 1 is 1.14 bits per heavy atom. The zero-order chi connectivity index (χ0) is 15.5. The number of benzene rings is 1. The molecule has 1 aromatic rings. The van der Waals surface area contributed by atoms with E-state index in [4.69, 9.17) is 0 Å². The van der Waals surface area contributed by atoms with Crippen LogP contribution in [0.3, 0.4) is 0 Å². The Morgan fingerprint density at radius 2 is 1.76 bits per heavy atom. The molecule has 0 aliphatic carbocycles. The highest BCUT2D eigenvalue weighted by Crippen LogP contribution is 2.23. The van der Waals surface area contributed by atoms with Crippen LogP contribution in [-0.4, -0.2) is 55.0 Å². The Labute approximate surface area is 123 Å². The van der Waals surface area contributed by atoms with Crippen molar-refractivity contribution in [1.29, 1.82) is 0 Å². The normalized spacial score (nSPS) is 18.8. The van der Waals surface area contributed by atoms with Gasteiger partial charge in [0.05, 0.1) is 12.5 Å². The number of hydrogen-bond acceptors (Lipinski definition) is 3. The summed E-state index contributed by atoms with van der Waals surface area (Å²) in [6.07, 6.45) is -6.78. The van der Waals surface area contributed by atoms with Gasteiger partial charge < -0.3 is 10.0 Å². The third-order valence-corrected chi connectivity index (χ3v) is 3.76. The number of aliphatic hydroxyl groups is 1. The van der Waals surface area contributed by atoms with Crippen molar-refractivity contribution < 1.29 is 18.3 Å². The van der Waals surface area contributed by atoms with Gasteiger partial charge in [0.15, 0.2) is 0 Å². The molecule has 1 aliphatic rings. The Kier molecular flexibility index (Phi) is 5.11. The number of nitrogens with zero attached hydrogens (tertiary/aromatic N) is 2. The molecule has 1 N–H and O–H groups in total. The largest absolute Gasteiger partial charge is 0.391 e. The second-order valence-corrected chi connectivity index (χ2v) is 5.55. The van der Waals surface area contributed by atoms with Crippen LogP contribution in [0, 0.1) is 6.92 Å². The summed E-state index contributed by atoms with van der Waals surface area (Å²) < 4.78 is 36.6. The molecule has 0 spiro atoms. The number of β-amino-alcohol motifs (C(OH)–C–C–N with tert-alkyl or cyclic N) is 1. The minimum atomic E-state index is -4.30. The van der Waals surface area contributed by atoms with Crippen LogP contribution < -0.4 is 4.90 Å². The molecule has 1 aromatic carbocycles. The summed E-state index contributed by atoms with van der Waals surface area (Å²) in [5.74, 6) is 0. The van der Waals surface area contributed by atoms with E-state index in [9.17, 15) is 18.3 Å². The molecule has 3 nitrogen and oxygen atoms in total. The van der Waals surface area contributed by atoms with Crippen molar-refractivity contribution in [2.75, 3.05) is 37.6 Å².